The SMILES string of the molecule is C=C(/C=C\C=C/C)c1nc(-c2ccccc2)nc(-n2c3ccccc3c3cc(-c4ccc5c(c4)c4ccccc4n5-c4ccccc4)ccc32)n1. The molecule has 0 unspecified atom stereocenters. The van der Waals surface area contributed by atoms with E-state index < -0.39 is 0 Å². The van der Waals surface area contributed by atoms with E-state index in [-0.39, 0.29) is 0 Å². The fourth-order valence-corrected chi connectivity index (χ4v) is 7.06. The Bertz CT molecular complexity index is 2820. The van der Waals surface area contributed by atoms with Gasteiger partial charge in [-0.15, -0.1) is 0 Å². The maximum absolute atomic E-state index is 5.06. The first kappa shape index (κ1) is 30.2. The number of rotatable bonds is 7. The van der Waals surface area contributed by atoms with Crippen LogP contribution in [-0.4, -0.2) is 24.1 Å². The number of benzene rings is 6. The van der Waals surface area contributed by atoms with Crippen LogP contribution in [0.3, 0.4) is 0 Å². The first-order chi connectivity index (χ1) is 25.2. The van der Waals surface area contributed by atoms with E-state index >= 15 is 0 Å². The molecule has 0 N–H and O–H groups in total. The van der Waals surface area contributed by atoms with Crippen LogP contribution in [0.25, 0.3) is 83.3 Å². The first-order valence-electron chi connectivity index (χ1n) is 17.1. The predicted octanol–water partition coefficient (Wildman–Crippen LogP) is 11.5. The standard InChI is InChI=1S/C46H33N5/c1-3-4-7-16-31(2)44-47-45(32-17-8-5-9-18-32)49-46(48-44)51-41-24-15-13-22-37(41)39-30-34(26-28-43(39)51)33-25-27-42-38(29-33)36-21-12-14-23-40(36)50(42)35-19-10-6-11-20-35/h3-30H,2H2,1H3/b4-3-,16-7-. The van der Waals surface area contributed by atoms with Gasteiger partial charge in [0, 0.05) is 38.4 Å². The molecule has 5 nitrogen and oxygen atoms in total. The smallest absolute Gasteiger partial charge is 0.238 e. The molecule has 0 fully saturated rings. The Morgan fingerprint density at radius 3 is 1.71 bits per heavy atom. The van der Waals surface area contributed by atoms with E-state index in [9.17, 15) is 0 Å². The Kier molecular flexibility index (Phi) is 7.44. The zero-order chi connectivity index (χ0) is 34.3. The Morgan fingerprint density at radius 2 is 1.06 bits per heavy atom. The molecule has 0 saturated heterocycles. The monoisotopic (exact) mass is 655 g/mol. The predicted molar refractivity (Wildman–Crippen MR) is 212 cm³/mol. The Morgan fingerprint density at radius 1 is 0.510 bits per heavy atom. The van der Waals surface area contributed by atoms with Gasteiger partial charge in [-0.2, -0.15) is 9.97 Å². The summed E-state index contributed by atoms with van der Waals surface area (Å²) < 4.78 is 4.49. The number of aromatic nitrogens is 5. The Labute approximate surface area is 295 Å². The summed E-state index contributed by atoms with van der Waals surface area (Å²) in [4.78, 5) is 14.9. The lowest BCUT2D eigenvalue weighted by Gasteiger charge is -2.11. The summed E-state index contributed by atoms with van der Waals surface area (Å²) in [6, 6.07) is 51.2. The molecule has 0 aliphatic carbocycles. The molecule has 0 spiro atoms. The van der Waals surface area contributed by atoms with Crippen LogP contribution >= 0.6 is 0 Å². The number of allylic oxidation sites excluding steroid dienone is 5. The quantitative estimate of drug-likeness (QED) is 0.161. The van der Waals surface area contributed by atoms with Crippen LogP contribution in [0.4, 0.5) is 0 Å². The van der Waals surface area contributed by atoms with Crippen molar-refractivity contribution >= 4 is 49.2 Å². The molecule has 0 aliphatic rings. The third-order valence-corrected chi connectivity index (χ3v) is 9.44. The van der Waals surface area contributed by atoms with Crippen LogP contribution in [-0.2, 0) is 0 Å². The molecule has 3 heterocycles. The van der Waals surface area contributed by atoms with E-state index in [0.717, 1.165) is 44.2 Å². The van der Waals surface area contributed by atoms with Gasteiger partial charge in [0.1, 0.15) is 0 Å². The lowest BCUT2D eigenvalue weighted by Crippen LogP contribution is -2.07. The summed E-state index contributed by atoms with van der Waals surface area (Å²) in [5.41, 5.74) is 9.51. The molecular formula is C46H33N5. The average molecular weight is 656 g/mol. The van der Waals surface area contributed by atoms with Crippen LogP contribution in [0, 0.1) is 0 Å². The third-order valence-electron chi connectivity index (χ3n) is 9.44. The van der Waals surface area contributed by atoms with Crippen LogP contribution in [0.5, 0.6) is 0 Å². The summed E-state index contributed by atoms with van der Waals surface area (Å²) in [5.74, 6) is 1.68. The molecule has 242 valence electrons. The van der Waals surface area contributed by atoms with Crippen LogP contribution in [0.15, 0.2) is 176 Å². The van der Waals surface area contributed by atoms with E-state index in [2.05, 4.69) is 131 Å². The van der Waals surface area contributed by atoms with Crippen LogP contribution in [0.1, 0.15) is 12.7 Å². The van der Waals surface area contributed by atoms with Gasteiger partial charge in [0.05, 0.1) is 22.1 Å². The van der Waals surface area contributed by atoms with Gasteiger partial charge < -0.3 is 4.57 Å². The summed E-state index contributed by atoms with van der Waals surface area (Å²) in [6.45, 7) is 6.28. The zero-order valence-corrected chi connectivity index (χ0v) is 28.1. The van der Waals surface area contributed by atoms with Gasteiger partial charge >= 0.3 is 0 Å². The van der Waals surface area contributed by atoms with Crippen molar-refractivity contribution in [1.29, 1.82) is 0 Å². The second-order valence-electron chi connectivity index (χ2n) is 12.6. The highest BCUT2D eigenvalue weighted by Gasteiger charge is 2.19. The molecule has 0 bridgehead atoms. The highest BCUT2D eigenvalue weighted by atomic mass is 15.2. The molecule has 51 heavy (non-hydrogen) atoms. The molecule has 0 amide bonds. The second kappa shape index (κ2) is 12.6. The minimum absolute atomic E-state index is 0.533. The van der Waals surface area contributed by atoms with E-state index in [1.165, 1.54) is 21.8 Å². The topological polar surface area (TPSA) is 48.5 Å². The summed E-state index contributed by atoms with van der Waals surface area (Å²) in [5, 5.41) is 4.72. The molecule has 6 aromatic carbocycles. The zero-order valence-electron chi connectivity index (χ0n) is 28.1. The highest BCUT2D eigenvalue weighted by molar-refractivity contribution is 6.12. The van der Waals surface area contributed by atoms with E-state index in [1.807, 2.05) is 61.6 Å². The maximum atomic E-state index is 5.06. The van der Waals surface area contributed by atoms with Gasteiger partial charge in [0.15, 0.2) is 11.6 Å². The van der Waals surface area contributed by atoms with E-state index in [0.29, 0.717) is 23.2 Å². The van der Waals surface area contributed by atoms with Crippen molar-refractivity contribution in [2.75, 3.05) is 0 Å². The fourth-order valence-electron chi connectivity index (χ4n) is 7.06. The molecule has 0 atom stereocenters. The van der Waals surface area contributed by atoms with Gasteiger partial charge in [-0.25, -0.2) is 4.98 Å². The molecule has 5 heteroatoms. The first-order valence-corrected chi connectivity index (χ1v) is 17.1. The van der Waals surface area contributed by atoms with Crippen molar-refractivity contribution in [2.24, 2.45) is 0 Å². The van der Waals surface area contributed by atoms with Gasteiger partial charge in [-0.05, 0) is 66.6 Å². The number of hydrogen-bond donors (Lipinski definition) is 0. The van der Waals surface area contributed by atoms with Gasteiger partial charge in [0.2, 0.25) is 5.95 Å². The molecule has 0 saturated carbocycles. The molecule has 9 rings (SSSR count). The largest absolute Gasteiger partial charge is 0.309 e. The van der Waals surface area contributed by atoms with E-state index in [1.54, 1.807) is 0 Å². The van der Waals surface area contributed by atoms with Crippen LogP contribution in [0.2, 0.25) is 0 Å². The lowest BCUT2D eigenvalue weighted by atomic mass is 10.0. The van der Waals surface area contributed by atoms with Gasteiger partial charge in [-0.1, -0.05) is 128 Å². The van der Waals surface area contributed by atoms with Crippen molar-refractivity contribution < 1.29 is 0 Å². The molecular weight excluding hydrogens is 623 g/mol. The van der Waals surface area contributed by atoms with Crippen molar-refractivity contribution in [1.82, 2.24) is 24.1 Å². The summed E-state index contributed by atoms with van der Waals surface area (Å²) >= 11 is 0. The lowest BCUT2D eigenvalue weighted by molar-refractivity contribution is 0.933. The molecule has 0 aliphatic heterocycles. The Balaban J connectivity index is 1.23. The van der Waals surface area contributed by atoms with Gasteiger partial charge in [-0.3, -0.25) is 4.57 Å². The molecule has 9 aromatic rings. The van der Waals surface area contributed by atoms with Crippen molar-refractivity contribution in [2.45, 2.75) is 6.92 Å². The number of nitrogens with zero attached hydrogens (tertiary/aromatic N) is 5. The fraction of sp³-hybridized carbons (Fsp3) is 0.0217. The highest BCUT2D eigenvalue weighted by Crippen LogP contribution is 2.38. The van der Waals surface area contributed by atoms with E-state index in [4.69, 9.17) is 15.0 Å². The molecule has 3 aromatic heterocycles. The summed E-state index contributed by atoms with van der Waals surface area (Å²) in [6.07, 6.45) is 7.83. The van der Waals surface area contributed by atoms with Gasteiger partial charge in [0.25, 0.3) is 0 Å². The van der Waals surface area contributed by atoms with Crippen molar-refractivity contribution in [3.63, 3.8) is 0 Å². The minimum atomic E-state index is 0.533. The number of hydrogen-bond acceptors (Lipinski definition) is 3. The average Bonchev–Trinajstić information content (AvgIpc) is 3.70. The Hall–Kier alpha value is -6.85. The molecule has 0 radical (unpaired) electrons. The van der Waals surface area contributed by atoms with Crippen molar-refractivity contribution in [3.05, 3.63) is 182 Å². The maximum Gasteiger partial charge on any atom is 0.238 e. The normalized spacial score (nSPS) is 11.9. The minimum Gasteiger partial charge on any atom is -0.309 e. The van der Waals surface area contributed by atoms with Crippen molar-refractivity contribution in [3.8, 4) is 34.2 Å². The number of para-hydroxylation sites is 3. The number of fused-ring (bicyclic) bond motifs is 6. The second-order valence-corrected chi connectivity index (χ2v) is 12.6. The summed E-state index contributed by atoms with van der Waals surface area (Å²) in [7, 11) is 0. The third kappa shape index (κ3) is 5.23. The van der Waals surface area contributed by atoms with Crippen LogP contribution < -0.4 is 0 Å².